The van der Waals surface area contributed by atoms with Crippen molar-refractivity contribution in [3.05, 3.63) is 0 Å². The molecule has 0 aromatic rings. The van der Waals surface area contributed by atoms with Gasteiger partial charge in [-0.05, 0) is 24.7 Å². The highest BCUT2D eigenvalue weighted by molar-refractivity contribution is 5.83. The number of carbonyl (C=O) groups excluding carboxylic acids is 1. The number of nitrogens with zero attached hydrogens (tertiary/aromatic N) is 1. The smallest absolute Gasteiger partial charge is 0.334 e. The summed E-state index contributed by atoms with van der Waals surface area (Å²) in [4.78, 5) is 25.0. The summed E-state index contributed by atoms with van der Waals surface area (Å²) in [5.41, 5.74) is 0. The number of morpholine rings is 1. The monoisotopic (exact) mass is 253 g/mol. The quantitative estimate of drug-likeness (QED) is 0.788. The molecule has 2 aliphatic carbocycles. The highest BCUT2D eigenvalue weighted by Crippen LogP contribution is 2.56. The van der Waals surface area contributed by atoms with Crippen molar-refractivity contribution in [1.29, 1.82) is 0 Å². The van der Waals surface area contributed by atoms with E-state index < -0.39 is 12.1 Å². The Hall–Kier alpha value is -1.10. The van der Waals surface area contributed by atoms with Crippen LogP contribution in [-0.4, -0.2) is 47.7 Å². The number of ether oxygens (including phenoxy) is 1. The van der Waals surface area contributed by atoms with Gasteiger partial charge in [0.1, 0.15) is 0 Å². The van der Waals surface area contributed by atoms with Gasteiger partial charge in [-0.3, -0.25) is 4.79 Å². The molecule has 1 saturated heterocycles. The Morgan fingerprint density at radius 3 is 2.44 bits per heavy atom. The van der Waals surface area contributed by atoms with E-state index in [9.17, 15) is 9.59 Å². The van der Waals surface area contributed by atoms with E-state index in [0.29, 0.717) is 25.0 Å². The zero-order valence-corrected chi connectivity index (χ0v) is 10.4. The number of fused-ring (bicyclic) bond motifs is 1. The van der Waals surface area contributed by atoms with Gasteiger partial charge >= 0.3 is 5.97 Å². The standard InChI is InChI=1S/C13H19NO4/c15-12(11-8-3-1-2-4-9(8)11)14-5-6-18-10(7-14)13(16)17/h8-11H,1-7H2,(H,16,17)/t8-,9-,10+/m1/s1. The van der Waals surface area contributed by atoms with Crippen molar-refractivity contribution in [2.24, 2.45) is 17.8 Å². The van der Waals surface area contributed by atoms with Gasteiger partial charge in [-0.15, -0.1) is 0 Å². The molecule has 0 unspecified atom stereocenters. The lowest BCUT2D eigenvalue weighted by molar-refractivity contribution is -0.159. The number of amides is 1. The van der Waals surface area contributed by atoms with Crippen LogP contribution in [0.4, 0.5) is 0 Å². The first kappa shape index (κ1) is 12.0. The molecule has 3 fully saturated rings. The Labute approximate surface area is 106 Å². The Morgan fingerprint density at radius 2 is 1.83 bits per heavy atom. The first-order valence-electron chi connectivity index (χ1n) is 6.81. The average Bonchev–Trinajstić information content (AvgIpc) is 3.12. The number of carbonyl (C=O) groups is 2. The van der Waals surface area contributed by atoms with E-state index >= 15 is 0 Å². The van der Waals surface area contributed by atoms with Crippen LogP contribution in [-0.2, 0) is 14.3 Å². The molecule has 0 radical (unpaired) electrons. The van der Waals surface area contributed by atoms with Gasteiger partial charge in [-0.1, -0.05) is 12.8 Å². The van der Waals surface area contributed by atoms with Crippen molar-refractivity contribution in [2.75, 3.05) is 19.7 Å². The summed E-state index contributed by atoms with van der Waals surface area (Å²) in [6.45, 7) is 1.09. The van der Waals surface area contributed by atoms with Crippen LogP contribution < -0.4 is 0 Å². The lowest BCUT2D eigenvalue weighted by Gasteiger charge is -2.31. The van der Waals surface area contributed by atoms with Crippen LogP contribution in [0.25, 0.3) is 0 Å². The van der Waals surface area contributed by atoms with E-state index in [-0.39, 0.29) is 18.4 Å². The molecule has 3 aliphatic rings. The molecule has 1 amide bonds. The molecule has 3 atom stereocenters. The van der Waals surface area contributed by atoms with Crippen molar-refractivity contribution in [2.45, 2.75) is 31.8 Å². The molecule has 18 heavy (non-hydrogen) atoms. The number of rotatable bonds is 2. The normalized spacial score (nSPS) is 39.0. The van der Waals surface area contributed by atoms with Gasteiger partial charge in [0, 0.05) is 12.5 Å². The summed E-state index contributed by atoms with van der Waals surface area (Å²) in [5, 5.41) is 8.94. The van der Waals surface area contributed by atoms with Crippen LogP contribution in [0.3, 0.4) is 0 Å². The minimum atomic E-state index is -0.972. The van der Waals surface area contributed by atoms with E-state index in [2.05, 4.69) is 0 Å². The molecule has 100 valence electrons. The van der Waals surface area contributed by atoms with E-state index in [1.165, 1.54) is 25.7 Å². The van der Waals surface area contributed by atoms with Crippen molar-refractivity contribution < 1.29 is 19.4 Å². The van der Waals surface area contributed by atoms with Crippen molar-refractivity contribution in [3.63, 3.8) is 0 Å². The second kappa shape index (κ2) is 4.53. The number of hydrogen-bond donors (Lipinski definition) is 1. The SMILES string of the molecule is O=C(O)[C@@H]1CN(C(=O)C2[C@@H]3CCCC[C@@H]23)CCO1. The fraction of sp³-hybridized carbons (Fsp3) is 0.846. The Balaban J connectivity index is 1.61. The molecule has 0 bridgehead atoms. The zero-order chi connectivity index (χ0) is 12.7. The maximum Gasteiger partial charge on any atom is 0.334 e. The minimum Gasteiger partial charge on any atom is -0.479 e. The fourth-order valence-electron chi connectivity index (χ4n) is 3.57. The van der Waals surface area contributed by atoms with Crippen molar-refractivity contribution >= 4 is 11.9 Å². The maximum absolute atomic E-state index is 12.4. The van der Waals surface area contributed by atoms with Crippen LogP contribution >= 0.6 is 0 Å². The second-order valence-corrected chi connectivity index (χ2v) is 5.62. The van der Waals surface area contributed by atoms with E-state index in [4.69, 9.17) is 9.84 Å². The van der Waals surface area contributed by atoms with Crippen molar-refractivity contribution in [1.82, 2.24) is 4.90 Å². The highest BCUT2D eigenvalue weighted by atomic mass is 16.5. The van der Waals surface area contributed by atoms with Gasteiger partial charge in [0.2, 0.25) is 5.91 Å². The number of carboxylic acid groups (broad SMARTS) is 1. The predicted octanol–water partition coefficient (Wildman–Crippen LogP) is 0.735. The molecule has 1 heterocycles. The number of aliphatic carboxylic acids is 1. The van der Waals surface area contributed by atoms with Crippen LogP contribution in [0, 0.1) is 17.8 Å². The Bertz CT molecular complexity index is 358. The van der Waals surface area contributed by atoms with Gasteiger partial charge < -0.3 is 14.7 Å². The molecular weight excluding hydrogens is 234 g/mol. The third-order valence-electron chi connectivity index (χ3n) is 4.60. The van der Waals surface area contributed by atoms with Crippen LogP contribution in [0.2, 0.25) is 0 Å². The van der Waals surface area contributed by atoms with Gasteiger partial charge in [-0.2, -0.15) is 0 Å². The summed E-state index contributed by atoms with van der Waals surface area (Å²) in [5.74, 6) is 0.539. The lowest BCUT2D eigenvalue weighted by atomic mass is 10.0. The maximum atomic E-state index is 12.4. The summed E-state index contributed by atoms with van der Waals surface area (Å²) in [7, 11) is 0. The Morgan fingerprint density at radius 1 is 1.17 bits per heavy atom. The summed E-state index contributed by atoms with van der Waals surface area (Å²) in [6.07, 6.45) is 3.99. The summed E-state index contributed by atoms with van der Waals surface area (Å²) in [6, 6.07) is 0. The Kier molecular flexibility index (Phi) is 3.01. The third-order valence-corrected chi connectivity index (χ3v) is 4.60. The van der Waals surface area contributed by atoms with Gasteiger partial charge in [0.15, 0.2) is 6.10 Å². The molecule has 0 spiro atoms. The third kappa shape index (κ3) is 2.00. The average molecular weight is 253 g/mol. The first-order valence-corrected chi connectivity index (χ1v) is 6.81. The molecule has 3 rings (SSSR count). The second-order valence-electron chi connectivity index (χ2n) is 5.62. The highest BCUT2D eigenvalue weighted by Gasteiger charge is 2.56. The molecule has 1 aliphatic heterocycles. The predicted molar refractivity (Wildman–Crippen MR) is 62.9 cm³/mol. The molecular formula is C13H19NO4. The summed E-state index contributed by atoms with van der Waals surface area (Å²) < 4.78 is 5.15. The van der Waals surface area contributed by atoms with E-state index in [0.717, 1.165) is 0 Å². The van der Waals surface area contributed by atoms with E-state index in [1.54, 1.807) is 4.90 Å². The van der Waals surface area contributed by atoms with Crippen LogP contribution in [0.15, 0.2) is 0 Å². The molecule has 0 aromatic carbocycles. The molecule has 5 nitrogen and oxygen atoms in total. The first-order chi connectivity index (χ1) is 8.68. The van der Waals surface area contributed by atoms with Crippen LogP contribution in [0.5, 0.6) is 0 Å². The van der Waals surface area contributed by atoms with Gasteiger partial charge in [0.25, 0.3) is 0 Å². The van der Waals surface area contributed by atoms with Gasteiger partial charge in [0.05, 0.1) is 13.2 Å². The van der Waals surface area contributed by atoms with E-state index in [1.807, 2.05) is 0 Å². The largest absolute Gasteiger partial charge is 0.479 e. The fourth-order valence-corrected chi connectivity index (χ4v) is 3.57. The topological polar surface area (TPSA) is 66.8 Å². The number of hydrogen-bond acceptors (Lipinski definition) is 3. The molecule has 2 saturated carbocycles. The molecule has 1 N–H and O–H groups in total. The molecule has 0 aromatic heterocycles. The minimum absolute atomic E-state index is 0.168. The van der Waals surface area contributed by atoms with Gasteiger partial charge in [-0.25, -0.2) is 4.79 Å². The summed E-state index contributed by atoms with van der Waals surface area (Å²) >= 11 is 0. The zero-order valence-electron chi connectivity index (χ0n) is 10.4. The molecule has 5 heteroatoms. The lowest BCUT2D eigenvalue weighted by Crippen LogP contribution is -2.49. The van der Waals surface area contributed by atoms with Crippen molar-refractivity contribution in [3.8, 4) is 0 Å². The number of carboxylic acids is 1. The van der Waals surface area contributed by atoms with Crippen LogP contribution in [0.1, 0.15) is 25.7 Å².